The van der Waals surface area contributed by atoms with Gasteiger partial charge in [-0.05, 0) is 27.2 Å². The van der Waals surface area contributed by atoms with Gasteiger partial charge >= 0.3 is 0 Å². The predicted molar refractivity (Wildman–Crippen MR) is 58.9 cm³/mol. The van der Waals surface area contributed by atoms with E-state index in [0.29, 0.717) is 18.4 Å². The molecule has 1 heteroatoms. The Bertz CT molecular complexity index is 320. The number of rotatable bonds is 1. The Labute approximate surface area is 86.5 Å². The minimum absolute atomic E-state index is 0.108. The van der Waals surface area contributed by atoms with E-state index >= 15 is 0 Å². The summed E-state index contributed by atoms with van der Waals surface area (Å²) >= 11 is 0. The van der Waals surface area contributed by atoms with Crippen molar-refractivity contribution in [2.75, 3.05) is 6.61 Å². The molecule has 1 saturated carbocycles. The van der Waals surface area contributed by atoms with Gasteiger partial charge in [0.2, 0.25) is 0 Å². The van der Waals surface area contributed by atoms with Gasteiger partial charge in [-0.3, -0.25) is 0 Å². The standard InChI is InChI=1S/C13H20O/c1-8(2)12-10-6-13(4,7-14)11(12)5-9(10)3/h5,10-11,14H,6-7H2,1-4H3. The normalized spacial score (nSPS) is 40.4. The minimum Gasteiger partial charge on any atom is -0.396 e. The Morgan fingerprint density at radius 2 is 2.21 bits per heavy atom. The van der Waals surface area contributed by atoms with Crippen LogP contribution < -0.4 is 0 Å². The first-order chi connectivity index (χ1) is 6.49. The summed E-state index contributed by atoms with van der Waals surface area (Å²) in [5, 5.41) is 9.48. The minimum atomic E-state index is 0.108. The fourth-order valence-corrected chi connectivity index (χ4v) is 3.19. The maximum absolute atomic E-state index is 9.48. The van der Waals surface area contributed by atoms with E-state index in [2.05, 4.69) is 33.8 Å². The maximum atomic E-state index is 9.48. The van der Waals surface area contributed by atoms with Crippen molar-refractivity contribution in [1.29, 1.82) is 0 Å². The molecule has 2 rings (SSSR count). The molecule has 0 heterocycles. The highest BCUT2D eigenvalue weighted by Gasteiger charge is 2.50. The third-order valence-electron chi connectivity index (χ3n) is 4.05. The van der Waals surface area contributed by atoms with Crippen molar-refractivity contribution < 1.29 is 5.11 Å². The summed E-state index contributed by atoms with van der Waals surface area (Å²) in [5.41, 5.74) is 4.65. The molecule has 0 aliphatic heterocycles. The number of aliphatic hydroxyl groups excluding tert-OH is 1. The molecular formula is C13H20O. The maximum Gasteiger partial charge on any atom is 0.0493 e. The van der Waals surface area contributed by atoms with Crippen LogP contribution in [0.5, 0.6) is 0 Å². The average molecular weight is 192 g/mol. The zero-order chi connectivity index (χ0) is 10.5. The van der Waals surface area contributed by atoms with Gasteiger partial charge in [0.05, 0.1) is 0 Å². The zero-order valence-electron chi connectivity index (χ0n) is 9.59. The summed E-state index contributed by atoms with van der Waals surface area (Å²) < 4.78 is 0. The lowest BCUT2D eigenvalue weighted by molar-refractivity contribution is 0.119. The molecule has 3 unspecified atom stereocenters. The fourth-order valence-electron chi connectivity index (χ4n) is 3.19. The molecule has 14 heavy (non-hydrogen) atoms. The molecule has 0 amide bonds. The van der Waals surface area contributed by atoms with Gasteiger partial charge in [0.25, 0.3) is 0 Å². The highest BCUT2D eigenvalue weighted by Crippen LogP contribution is 2.58. The van der Waals surface area contributed by atoms with Crippen molar-refractivity contribution in [1.82, 2.24) is 0 Å². The number of hydrogen-bond donors (Lipinski definition) is 1. The molecule has 0 aromatic carbocycles. The summed E-state index contributed by atoms with van der Waals surface area (Å²) in [7, 11) is 0. The van der Waals surface area contributed by atoms with Crippen LogP contribution in [-0.4, -0.2) is 11.7 Å². The second kappa shape index (κ2) is 2.96. The molecular weight excluding hydrogens is 172 g/mol. The van der Waals surface area contributed by atoms with E-state index in [1.54, 1.807) is 5.57 Å². The molecule has 0 radical (unpaired) electrons. The Balaban J connectivity index is 2.45. The summed E-state index contributed by atoms with van der Waals surface area (Å²) in [6, 6.07) is 0. The van der Waals surface area contributed by atoms with Crippen molar-refractivity contribution in [3.05, 3.63) is 22.8 Å². The molecule has 1 N–H and O–H groups in total. The third kappa shape index (κ3) is 1.12. The summed E-state index contributed by atoms with van der Waals surface area (Å²) in [5.74, 6) is 1.13. The van der Waals surface area contributed by atoms with Gasteiger partial charge in [0.1, 0.15) is 0 Å². The number of fused-ring (bicyclic) bond motifs is 2. The lowest BCUT2D eigenvalue weighted by Gasteiger charge is -2.29. The van der Waals surface area contributed by atoms with Crippen LogP contribution in [0.3, 0.4) is 0 Å². The largest absolute Gasteiger partial charge is 0.396 e. The second-order valence-electron chi connectivity index (χ2n) is 5.41. The van der Waals surface area contributed by atoms with Crippen LogP contribution in [0.2, 0.25) is 0 Å². The number of allylic oxidation sites excluding steroid dienone is 4. The van der Waals surface area contributed by atoms with Gasteiger partial charge in [0.15, 0.2) is 0 Å². The van der Waals surface area contributed by atoms with Gasteiger partial charge in [0, 0.05) is 23.9 Å². The molecule has 3 atom stereocenters. The van der Waals surface area contributed by atoms with Crippen molar-refractivity contribution in [3.63, 3.8) is 0 Å². The predicted octanol–water partition coefficient (Wildman–Crippen LogP) is 2.92. The van der Waals surface area contributed by atoms with E-state index in [1.165, 1.54) is 11.1 Å². The Hall–Kier alpha value is -0.560. The van der Waals surface area contributed by atoms with Gasteiger partial charge in [-0.2, -0.15) is 0 Å². The monoisotopic (exact) mass is 192 g/mol. The molecule has 2 bridgehead atoms. The summed E-state index contributed by atoms with van der Waals surface area (Å²) in [4.78, 5) is 0. The van der Waals surface area contributed by atoms with Crippen LogP contribution >= 0.6 is 0 Å². The SMILES string of the molecule is CC1=CC2C(=C(C)C)C1CC2(C)CO. The van der Waals surface area contributed by atoms with Gasteiger partial charge in [-0.1, -0.05) is 29.7 Å². The Morgan fingerprint density at radius 1 is 1.57 bits per heavy atom. The van der Waals surface area contributed by atoms with Crippen molar-refractivity contribution in [2.24, 2.45) is 17.3 Å². The summed E-state index contributed by atoms with van der Waals surface area (Å²) in [6.45, 7) is 9.15. The smallest absolute Gasteiger partial charge is 0.0493 e. The molecule has 78 valence electrons. The quantitative estimate of drug-likeness (QED) is 0.633. The van der Waals surface area contributed by atoms with E-state index in [0.717, 1.165) is 6.42 Å². The number of hydrogen-bond acceptors (Lipinski definition) is 1. The fraction of sp³-hybridized carbons (Fsp3) is 0.692. The van der Waals surface area contributed by atoms with Crippen LogP contribution in [0.1, 0.15) is 34.1 Å². The molecule has 2 aliphatic rings. The highest BCUT2D eigenvalue weighted by atomic mass is 16.3. The first kappa shape index (κ1) is 9.97. The van der Waals surface area contributed by atoms with E-state index in [-0.39, 0.29) is 5.41 Å². The van der Waals surface area contributed by atoms with Crippen LogP contribution in [0.15, 0.2) is 22.8 Å². The molecule has 0 spiro atoms. The third-order valence-corrected chi connectivity index (χ3v) is 4.05. The zero-order valence-corrected chi connectivity index (χ0v) is 9.59. The highest BCUT2D eigenvalue weighted by molar-refractivity contribution is 5.42. The van der Waals surface area contributed by atoms with Gasteiger partial charge in [-0.15, -0.1) is 0 Å². The van der Waals surface area contributed by atoms with Gasteiger partial charge in [-0.25, -0.2) is 0 Å². The lowest BCUT2D eigenvalue weighted by atomic mass is 9.76. The van der Waals surface area contributed by atoms with E-state index in [9.17, 15) is 5.11 Å². The topological polar surface area (TPSA) is 20.2 Å². The molecule has 0 saturated heterocycles. The molecule has 2 aliphatic carbocycles. The second-order valence-corrected chi connectivity index (χ2v) is 5.41. The first-order valence-electron chi connectivity index (χ1n) is 5.46. The van der Waals surface area contributed by atoms with Crippen LogP contribution in [-0.2, 0) is 0 Å². The Kier molecular flexibility index (Phi) is 2.11. The van der Waals surface area contributed by atoms with Gasteiger partial charge < -0.3 is 5.11 Å². The van der Waals surface area contributed by atoms with E-state index in [1.807, 2.05) is 0 Å². The van der Waals surface area contributed by atoms with Crippen molar-refractivity contribution in [2.45, 2.75) is 34.1 Å². The molecule has 1 nitrogen and oxygen atoms in total. The van der Waals surface area contributed by atoms with E-state index < -0.39 is 0 Å². The molecule has 0 aromatic heterocycles. The van der Waals surface area contributed by atoms with Crippen molar-refractivity contribution in [3.8, 4) is 0 Å². The number of aliphatic hydroxyl groups is 1. The van der Waals surface area contributed by atoms with Crippen LogP contribution in [0.25, 0.3) is 0 Å². The average Bonchev–Trinajstić information content (AvgIpc) is 2.57. The van der Waals surface area contributed by atoms with Crippen molar-refractivity contribution >= 4 is 0 Å². The lowest BCUT2D eigenvalue weighted by Crippen LogP contribution is -2.27. The summed E-state index contributed by atoms with van der Waals surface area (Å²) in [6.07, 6.45) is 3.50. The Morgan fingerprint density at radius 3 is 2.64 bits per heavy atom. The van der Waals surface area contributed by atoms with E-state index in [4.69, 9.17) is 0 Å². The van der Waals surface area contributed by atoms with Crippen LogP contribution in [0, 0.1) is 17.3 Å². The van der Waals surface area contributed by atoms with Crippen LogP contribution in [0.4, 0.5) is 0 Å². The molecule has 0 aromatic rings. The first-order valence-corrected chi connectivity index (χ1v) is 5.46. The molecule has 1 fully saturated rings.